The Morgan fingerprint density at radius 2 is 2.10 bits per heavy atom. The largest absolute Gasteiger partial charge is 0.495 e. The lowest BCUT2D eigenvalue weighted by Gasteiger charge is -2.09. The van der Waals surface area contributed by atoms with Crippen LogP contribution in [0.25, 0.3) is 10.2 Å². The molecule has 1 aromatic heterocycles. The van der Waals surface area contributed by atoms with E-state index in [-0.39, 0.29) is 0 Å². The monoisotopic (exact) mass is 368 g/mol. The molecule has 3 rings (SSSR count). The number of methoxy groups -OCH3 is 1. The third-order valence-electron chi connectivity index (χ3n) is 2.75. The smallest absolute Gasteiger partial charge is 0.188 e. The van der Waals surface area contributed by atoms with E-state index in [1.54, 1.807) is 18.4 Å². The van der Waals surface area contributed by atoms with Crippen LogP contribution in [0.2, 0.25) is 5.02 Å². The molecule has 20 heavy (non-hydrogen) atoms. The zero-order valence-corrected chi connectivity index (χ0v) is 13.6. The van der Waals surface area contributed by atoms with Crippen LogP contribution in [-0.2, 0) is 0 Å². The SMILES string of the molecule is COc1ccc(Br)cc1Nc1nc2cc(Cl)ccc2s1. The number of anilines is 2. The number of nitrogens with zero attached hydrogens (tertiary/aromatic N) is 1. The summed E-state index contributed by atoms with van der Waals surface area (Å²) in [7, 11) is 1.65. The van der Waals surface area contributed by atoms with E-state index in [0.717, 1.165) is 31.3 Å². The molecule has 0 unspecified atom stereocenters. The van der Waals surface area contributed by atoms with Gasteiger partial charge in [0.15, 0.2) is 5.13 Å². The third-order valence-corrected chi connectivity index (χ3v) is 4.43. The number of hydrogen-bond acceptors (Lipinski definition) is 4. The van der Waals surface area contributed by atoms with E-state index in [9.17, 15) is 0 Å². The van der Waals surface area contributed by atoms with Crippen LogP contribution in [0.4, 0.5) is 10.8 Å². The molecule has 0 aliphatic rings. The van der Waals surface area contributed by atoms with Gasteiger partial charge in [0.2, 0.25) is 0 Å². The van der Waals surface area contributed by atoms with Gasteiger partial charge >= 0.3 is 0 Å². The van der Waals surface area contributed by atoms with Crippen LogP contribution in [0.15, 0.2) is 40.9 Å². The molecule has 0 atom stereocenters. The second kappa shape index (κ2) is 5.60. The molecule has 0 saturated heterocycles. The van der Waals surface area contributed by atoms with Crippen molar-refractivity contribution < 1.29 is 4.74 Å². The van der Waals surface area contributed by atoms with Gasteiger partial charge in [0.25, 0.3) is 0 Å². The van der Waals surface area contributed by atoms with E-state index in [4.69, 9.17) is 16.3 Å². The van der Waals surface area contributed by atoms with E-state index in [1.165, 1.54) is 0 Å². The van der Waals surface area contributed by atoms with Gasteiger partial charge < -0.3 is 10.1 Å². The molecule has 3 aromatic rings. The molecule has 6 heteroatoms. The molecule has 1 heterocycles. The highest BCUT2D eigenvalue weighted by atomic mass is 79.9. The molecule has 3 nitrogen and oxygen atoms in total. The summed E-state index contributed by atoms with van der Waals surface area (Å²) in [6, 6.07) is 11.5. The van der Waals surface area contributed by atoms with Crippen LogP contribution < -0.4 is 10.1 Å². The number of nitrogens with one attached hydrogen (secondary N) is 1. The first-order valence-electron chi connectivity index (χ1n) is 5.82. The van der Waals surface area contributed by atoms with Crippen LogP contribution in [0, 0.1) is 0 Å². The number of ether oxygens (including phenoxy) is 1. The fraction of sp³-hybridized carbons (Fsp3) is 0.0714. The van der Waals surface area contributed by atoms with Crippen molar-refractivity contribution in [2.75, 3.05) is 12.4 Å². The van der Waals surface area contributed by atoms with E-state index < -0.39 is 0 Å². The lowest BCUT2D eigenvalue weighted by atomic mass is 10.3. The van der Waals surface area contributed by atoms with Gasteiger partial charge in [0, 0.05) is 9.50 Å². The second-order valence-corrected chi connectivity index (χ2v) is 6.48. The van der Waals surface area contributed by atoms with Crippen molar-refractivity contribution in [2.24, 2.45) is 0 Å². The summed E-state index contributed by atoms with van der Waals surface area (Å²) < 4.78 is 7.40. The summed E-state index contributed by atoms with van der Waals surface area (Å²) in [5.74, 6) is 0.769. The molecule has 0 amide bonds. The number of hydrogen-bond donors (Lipinski definition) is 1. The van der Waals surface area contributed by atoms with Crippen molar-refractivity contribution in [1.82, 2.24) is 4.98 Å². The lowest BCUT2D eigenvalue weighted by Crippen LogP contribution is -1.93. The van der Waals surface area contributed by atoms with Gasteiger partial charge in [0.1, 0.15) is 5.75 Å². The van der Waals surface area contributed by atoms with Crippen molar-refractivity contribution in [3.63, 3.8) is 0 Å². The third kappa shape index (κ3) is 2.75. The van der Waals surface area contributed by atoms with Gasteiger partial charge in [-0.1, -0.05) is 38.9 Å². The molecular formula is C14H10BrClN2OS. The Labute approximate surface area is 133 Å². The number of aromatic nitrogens is 1. The first kappa shape index (κ1) is 13.7. The van der Waals surface area contributed by atoms with Crippen molar-refractivity contribution >= 4 is 59.9 Å². The molecule has 2 aromatic carbocycles. The Bertz CT molecular complexity index is 775. The summed E-state index contributed by atoms with van der Waals surface area (Å²) in [6.45, 7) is 0. The molecule has 102 valence electrons. The summed E-state index contributed by atoms with van der Waals surface area (Å²) in [4.78, 5) is 4.53. The van der Waals surface area contributed by atoms with Gasteiger partial charge in [0.05, 0.1) is 23.0 Å². The quantitative estimate of drug-likeness (QED) is 0.665. The fourth-order valence-corrected chi connectivity index (χ4v) is 3.23. The van der Waals surface area contributed by atoms with Crippen molar-refractivity contribution in [3.05, 3.63) is 45.9 Å². The fourth-order valence-electron chi connectivity index (χ4n) is 1.85. The molecule has 0 saturated carbocycles. The van der Waals surface area contributed by atoms with Gasteiger partial charge in [-0.2, -0.15) is 0 Å². The number of rotatable bonds is 3. The number of benzene rings is 2. The summed E-state index contributed by atoms with van der Waals surface area (Å²) >= 11 is 11.0. The van der Waals surface area contributed by atoms with Crippen LogP contribution >= 0.6 is 38.9 Å². The highest BCUT2D eigenvalue weighted by molar-refractivity contribution is 9.10. The highest BCUT2D eigenvalue weighted by Crippen LogP contribution is 2.34. The van der Waals surface area contributed by atoms with Crippen LogP contribution in [-0.4, -0.2) is 12.1 Å². The van der Waals surface area contributed by atoms with E-state index >= 15 is 0 Å². The van der Waals surface area contributed by atoms with Crippen molar-refractivity contribution in [3.8, 4) is 5.75 Å². The molecule has 0 bridgehead atoms. The number of halogens is 2. The second-order valence-electron chi connectivity index (χ2n) is 4.10. The van der Waals surface area contributed by atoms with Gasteiger partial charge in [-0.25, -0.2) is 4.98 Å². The molecule has 0 aliphatic carbocycles. The Morgan fingerprint density at radius 1 is 1.25 bits per heavy atom. The van der Waals surface area contributed by atoms with E-state index in [2.05, 4.69) is 26.2 Å². The minimum atomic E-state index is 0.689. The summed E-state index contributed by atoms with van der Waals surface area (Å²) in [6.07, 6.45) is 0. The molecule has 0 aliphatic heterocycles. The molecule has 0 spiro atoms. The maximum absolute atomic E-state index is 5.97. The van der Waals surface area contributed by atoms with Crippen molar-refractivity contribution in [1.29, 1.82) is 0 Å². The molecule has 0 radical (unpaired) electrons. The van der Waals surface area contributed by atoms with Gasteiger partial charge in [-0.3, -0.25) is 0 Å². The Balaban J connectivity index is 1.98. The molecule has 1 N–H and O–H groups in total. The van der Waals surface area contributed by atoms with Crippen LogP contribution in [0.5, 0.6) is 5.75 Å². The van der Waals surface area contributed by atoms with Crippen molar-refractivity contribution in [2.45, 2.75) is 0 Å². The van der Waals surface area contributed by atoms with Crippen LogP contribution in [0.3, 0.4) is 0 Å². The first-order chi connectivity index (χ1) is 9.65. The molecule has 0 fully saturated rings. The average Bonchev–Trinajstić information content (AvgIpc) is 2.80. The highest BCUT2D eigenvalue weighted by Gasteiger charge is 2.08. The summed E-state index contributed by atoms with van der Waals surface area (Å²) in [5, 5.41) is 4.78. The normalized spacial score (nSPS) is 10.8. The number of thiazole rings is 1. The predicted octanol–water partition coefficient (Wildman–Crippen LogP) is 5.46. The standard InChI is InChI=1S/C14H10BrClN2OS/c1-19-12-4-2-8(15)6-10(12)17-14-18-11-7-9(16)3-5-13(11)20-14/h2-7H,1H3,(H,17,18). The molecular weight excluding hydrogens is 360 g/mol. The Kier molecular flexibility index (Phi) is 3.83. The lowest BCUT2D eigenvalue weighted by molar-refractivity contribution is 0.417. The zero-order valence-electron chi connectivity index (χ0n) is 10.5. The first-order valence-corrected chi connectivity index (χ1v) is 7.81. The topological polar surface area (TPSA) is 34.1 Å². The average molecular weight is 370 g/mol. The predicted molar refractivity (Wildman–Crippen MR) is 88.6 cm³/mol. The maximum Gasteiger partial charge on any atom is 0.188 e. The van der Waals surface area contributed by atoms with Gasteiger partial charge in [-0.05, 0) is 36.4 Å². The Morgan fingerprint density at radius 3 is 2.90 bits per heavy atom. The van der Waals surface area contributed by atoms with E-state index in [0.29, 0.717) is 5.02 Å². The minimum absolute atomic E-state index is 0.689. The van der Waals surface area contributed by atoms with E-state index in [1.807, 2.05) is 36.4 Å². The maximum atomic E-state index is 5.97. The van der Waals surface area contributed by atoms with Crippen LogP contribution in [0.1, 0.15) is 0 Å². The summed E-state index contributed by atoms with van der Waals surface area (Å²) in [5.41, 5.74) is 1.76. The van der Waals surface area contributed by atoms with Gasteiger partial charge in [-0.15, -0.1) is 0 Å². The zero-order chi connectivity index (χ0) is 14.1. The number of fused-ring (bicyclic) bond motifs is 1. The minimum Gasteiger partial charge on any atom is -0.495 e. The Hall–Kier alpha value is -1.30.